The van der Waals surface area contributed by atoms with Crippen LogP contribution >= 0.6 is 0 Å². The number of furan rings is 1. The average Bonchev–Trinajstić information content (AvgIpc) is 2.77. The zero-order chi connectivity index (χ0) is 15.2. The Hall–Kier alpha value is -2.23. The van der Waals surface area contributed by atoms with E-state index in [1.807, 2.05) is 51.0 Å². The van der Waals surface area contributed by atoms with Gasteiger partial charge >= 0.3 is 0 Å². The van der Waals surface area contributed by atoms with Gasteiger partial charge < -0.3 is 14.6 Å². The average molecular weight is 285 g/mol. The van der Waals surface area contributed by atoms with Crippen molar-refractivity contribution in [1.29, 1.82) is 0 Å². The smallest absolute Gasteiger partial charge is 0.194 e. The van der Waals surface area contributed by atoms with E-state index < -0.39 is 0 Å². The van der Waals surface area contributed by atoms with Crippen molar-refractivity contribution >= 4 is 5.96 Å². The molecule has 0 amide bonds. The number of guanidine groups is 1. The number of aryl methyl sites for hydroxylation is 2. The van der Waals surface area contributed by atoms with Crippen molar-refractivity contribution in [2.75, 3.05) is 14.1 Å². The largest absolute Gasteiger partial charge is 0.466 e. The van der Waals surface area contributed by atoms with E-state index in [1.165, 1.54) is 11.1 Å². The number of nitrogens with one attached hydrogen (secondary N) is 1. The predicted octanol–water partition coefficient (Wildman–Crippen LogP) is 3.10. The third kappa shape index (κ3) is 4.38. The van der Waals surface area contributed by atoms with Gasteiger partial charge in [-0.3, -0.25) is 0 Å². The van der Waals surface area contributed by atoms with E-state index in [4.69, 9.17) is 4.42 Å². The van der Waals surface area contributed by atoms with Crippen LogP contribution in [0.2, 0.25) is 0 Å². The van der Waals surface area contributed by atoms with Crippen LogP contribution in [0.1, 0.15) is 22.6 Å². The zero-order valence-electron chi connectivity index (χ0n) is 13.2. The molecule has 0 spiro atoms. The van der Waals surface area contributed by atoms with Gasteiger partial charge in [-0.05, 0) is 25.5 Å². The molecule has 2 aromatic rings. The lowest BCUT2D eigenvalue weighted by molar-refractivity contribution is 0.499. The summed E-state index contributed by atoms with van der Waals surface area (Å²) in [6, 6.07) is 12.3. The Labute approximate surface area is 126 Å². The lowest BCUT2D eigenvalue weighted by Crippen LogP contribution is -2.36. The molecule has 0 bridgehead atoms. The standard InChI is InChI=1S/C17H23N3O/c1-13-10-16(14(2)21-13)12-19-17(20(3)4)18-11-15-8-6-5-7-9-15/h5-10H,11-12H2,1-4H3,(H,18,19). The lowest BCUT2D eigenvalue weighted by Gasteiger charge is -2.17. The van der Waals surface area contributed by atoms with Gasteiger partial charge in [0, 0.05) is 26.2 Å². The molecule has 1 heterocycles. The molecule has 0 unspecified atom stereocenters. The molecule has 0 saturated heterocycles. The number of aliphatic imine (C=N–C) groups is 1. The summed E-state index contributed by atoms with van der Waals surface area (Å²) in [4.78, 5) is 6.64. The number of nitrogens with zero attached hydrogens (tertiary/aromatic N) is 2. The fourth-order valence-electron chi connectivity index (χ4n) is 2.14. The Morgan fingerprint density at radius 3 is 2.48 bits per heavy atom. The molecule has 0 saturated carbocycles. The minimum Gasteiger partial charge on any atom is -0.466 e. The van der Waals surface area contributed by atoms with Crippen LogP contribution in [0.25, 0.3) is 0 Å². The molecule has 112 valence electrons. The van der Waals surface area contributed by atoms with E-state index in [-0.39, 0.29) is 0 Å². The number of benzene rings is 1. The Bertz CT molecular complexity index is 600. The van der Waals surface area contributed by atoms with Gasteiger partial charge in [0.2, 0.25) is 0 Å². The summed E-state index contributed by atoms with van der Waals surface area (Å²) in [5.74, 6) is 2.77. The van der Waals surface area contributed by atoms with Gasteiger partial charge in [0.05, 0.1) is 6.54 Å². The molecule has 4 heteroatoms. The van der Waals surface area contributed by atoms with Crippen LogP contribution in [-0.2, 0) is 13.1 Å². The Morgan fingerprint density at radius 2 is 1.90 bits per heavy atom. The van der Waals surface area contributed by atoms with Crippen molar-refractivity contribution in [3.05, 3.63) is 59.0 Å². The van der Waals surface area contributed by atoms with Crippen LogP contribution in [0.15, 0.2) is 45.8 Å². The summed E-state index contributed by atoms with van der Waals surface area (Å²) < 4.78 is 5.54. The molecule has 1 aromatic carbocycles. The minimum atomic E-state index is 0.671. The van der Waals surface area contributed by atoms with Crippen molar-refractivity contribution in [2.24, 2.45) is 4.99 Å². The van der Waals surface area contributed by atoms with Crippen LogP contribution in [0.4, 0.5) is 0 Å². The highest BCUT2D eigenvalue weighted by molar-refractivity contribution is 5.79. The molecule has 0 aliphatic carbocycles. The number of rotatable bonds is 4. The maximum Gasteiger partial charge on any atom is 0.194 e. The van der Waals surface area contributed by atoms with Crippen LogP contribution in [-0.4, -0.2) is 25.0 Å². The third-order valence-corrected chi connectivity index (χ3v) is 3.26. The van der Waals surface area contributed by atoms with Gasteiger partial charge in [0.25, 0.3) is 0 Å². The summed E-state index contributed by atoms with van der Waals surface area (Å²) in [6.07, 6.45) is 0. The Balaban J connectivity index is 2.00. The van der Waals surface area contributed by atoms with Gasteiger partial charge in [0.1, 0.15) is 11.5 Å². The maximum absolute atomic E-state index is 5.54. The highest BCUT2D eigenvalue weighted by atomic mass is 16.3. The van der Waals surface area contributed by atoms with Crippen molar-refractivity contribution in [1.82, 2.24) is 10.2 Å². The van der Waals surface area contributed by atoms with Crippen molar-refractivity contribution < 1.29 is 4.42 Å². The first kappa shape index (κ1) is 15.2. The third-order valence-electron chi connectivity index (χ3n) is 3.26. The first-order valence-electron chi connectivity index (χ1n) is 7.11. The quantitative estimate of drug-likeness (QED) is 0.693. The molecule has 0 radical (unpaired) electrons. The minimum absolute atomic E-state index is 0.671. The van der Waals surface area contributed by atoms with Gasteiger partial charge in [-0.1, -0.05) is 30.3 Å². The normalized spacial score (nSPS) is 11.5. The van der Waals surface area contributed by atoms with Crippen LogP contribution in [0.3, 0.4) is 0 Å². The Morgan fingerprint density at radius 1 is 1.19 bits per heavy atom. The van der Waals surface area contributed by atoms with E-state index in [1.54, 1.807) is 0 Å². The Kier molecular flexibility index (Phi) is 5.04. The highest BCUT2D eigenvalue weighted by Crippen LogP contribution is 2.13. The lowest BCUT2D eigenvalue weighted by atomic mass is 10.2. The summed E-state index contributed by atoms with van der Waals surface area (Å²) in [5, 5.41) is 3.38. The highest BCUT2D eigenvalue weighted by Gasteiger charge is 2.07. The van der Waals surface area contributed by atoms with Gasteiger partial charge in [-0.2, -0.15) is 0 Å². The van der Waals surface area contributed by atoms with Crippen LogP contribution in [0.5, 0.6) is 0 Å². The fourth-order valence-corrected chi connectivity index (χ4v) is 2.14. The first-order valence-corrected chi connectivity index (χ1v) is 7.11. The molecule has 2 rings (SSSR count). The van der Waals surface area contributed by atoms with E-state index in [9.17, 15) is 0 Å². The molecule has 0 fully saturated rings. The van der Waals surface area contributed by atoms with Crippen LogP contribution < -0.4 is 5.32 Å². The molecular weight excluding hydrogens is 262 g/mol. The van der Waals surface area contributed by atoms with E-state index in [0.717, 1.165) is 24.0 Å². The van der Waals surface area contributed by atoms with E-state index in [2.05, 4.69) is 28.5 Å². The molecule has 4 nitrogen and oxygen atoms in total. The number of hydrogen-bond donors (Lipinski definition) is 1. The van der Waals surface area contributed by atoms with E-state index in [0.29, 0.717) is 6.54 Å². The summed E-state index contributed by atoms with van der Waals surface area (Å²) >= 11 is 0. The molecule has 21 heavy (non-hydrogen) atoms. The van der Waals surface area contributed by atoms with Crippen molar-refractivity contribution in [3.8, 4) is 0 Å². The second-order valence-corrected chi connectivity index (χ2v) is 5.31. The molecule has 0 atom stereocenters. The monoisotopic (exact) mass is 285 g/mol. The maximum atomic E-state index is 5.54. The second kappa shape index (κ2) is 6.97. The van der Waals surface area contributed by atoms with E-state index >= 15 is 0 Å². The zero-order valence-corrected chi connectivity index (χ0v) is 13.2. The van der Waals surface area contributed by atoms with Crippen LogP contribution in [0, 0.1) is 13.8 Å². The second-order valence-electron chi connectivity index (χ2n) is 5.31. The van der Waals surface area contributed by atoms with Crippen molar-refractivity contribution in [2.45, 2.75) is 26.9 Å². The summed E-state index contributed by atoms with van der Waals surface area (Å²) in [5.41, 5.74) is 2.37. The SMILES string of the molecule is Cc1cc(CNC(=NCc2ccccc2)N(C)C)c(C)o1. The summed E-state index contributed by atoms with van der Waals surface area (Å²) in [7, 11) is 3.98. The topological polar surface area (TPSA) is 40.8 Å². The fraction of sp³-hybridized carbons (Fsp3) is 0.353. The predicted molar refractivity (Wildman–Crippen MR) is 86.3 cm³/mol. The molecule has 1 aromatic heterocycles. The molecular formula is C17H23N3O. The molecule has 0 aliphatic heterocycles. The summed E-state index contributed by atoms with van der Waals surface area (Å²) in [6.45, 7) is 5.34. The first-order chi connectivity index (χ1) is 10.1. The van der Waals surface area contributed by atoms with Gasteiger partial charge in [0.15, 0.2) is 5.96 Å². The number of hydrogen-bond acceptors (Lipinski definition) is 2. The molecule has 0 aliphatic rings. The van der Waals surface area contributed by atoms with Crippen molar-refractivity contribution in [3.63, 3.8) is 0 Å². The van der Waals surface area contributed by atoms with Gasteiger partial charge in [-0.15, -0.1) is 0 Å². The molecule has 1 N–H and O–H groups in total. The van der Waals surface area contributed by atoms with Gasteiger partial charge in [-0.25, -0.2) is 4.99 Å².